The Kier molecular flexibility index (Phi) is 8.55. The minimum atomic E-state index is -1.16. The number of carboxylic acid groups (broad SMARTS) is 1. The van der Waals surface area contributed by atoms with Gasteiger partial charge in [-0.1, -0.05) is 24.3 Å². The number of halogens is 2. The van der Waals surface area contributed by atoms with Crippen LogP contribution in [0.3, 0.4) is 0 Å². The minimum Gasteiger partial charge on any atom is -0.484 e. The van der Waals surface area contributed by atoms with Crippen LogP contribution in [0.5, 0.6) is 5.75 Å². The standard InChI is InChI=1S/C29H28F2N2O6/c1-17(29(37)38)32-26(35)16-39-23-12-4-19(5-13-23)27-24(14-15-25(34)18-2-6-20(30)7-3-18)28(36)33(27)22-10-8-21(31)9-11-22/h2-13,17,24-25,27,34H,14-16H2,1H3,(H,32,35)(H,37,38)/t17-,24?,25?,27?/m1/s1. The molecule has 3 aromatic carbocycles. The molecule has 0 saturated carbocycles. The fraction of sp³-hybridized carbons (Fsp3) is 0.276. The van der Waals surface area contributed by atoms with Gasteiger partial charge < -0.3 is 25.2 Å². The number of aliphatic carboxylic acids is 1. The monoisotopic (exact) mass is 538 g/mol. The lowest BCUT2D eigenvalue weighted by atomic mass is 9.78. The van der Waals surface area contributed by atoms with Crippen molar-refractivity contribution >= 4 is 23.5 Å². The van der Waals surface area contributed by atoms with Gasteiger partial charge in [-0.15, -0.1) is 0 Å². The Morgan fingerprint density at radius 1 is 0.974 bits per heavy atom. The molecule has 4 atom stereocenters. The van der Waals surface area contributed by atoms with Crippen LogP contribution in [0.15, 0.2) is 72.8 Å². The van der Waals surface area contributed by atoms with Crippen molar-refractivity contribution in [3.63, 3.8) is 0 Å². The highest BCUT2D eigenvalue weighted by Gasteiger charge is 2.48. The second-order valence-corrected chi connectivity index (χ2v) is 9.37. The molecule has 8 nitrogen and oxygen atoms in total. The lowest BCUT2D eigenvalue weighted by Crippen LogP contribution is -2.55. The molecule has 0 aliphatic carbocycles. The summed E-state index contributed by atoms with van der Waals surface area (Å²) in [4.78, 5) is 37.5. The van der Waals surface area contributed by atoms with Crippen LogP contribution in [0.25, 0.3) is 0 Å². The number of carboxylic acids is 1. The average molecular weight is 539 g/mol. The number of anilines is 1. The van der Waals surface area contributed by atoms with Gasteiger partial charge in [-0.2, -0.15) is 0 Å². The third kappa shape index (κ3) is 6.58. The molecule has 39 heavy (non-hydrogen) atoms. The number of carbonyl (C=O) groups excluding carboxylic acids is 2. The molecular formula is C29H28F2N2O6. The normalized spacial score (nSPS) is 18.2. The smallest absolute Gasteiger partial charge is 0.325 e. The van der Waals surface area contributed by atoms with Gasteiger partial charge in [0.15, 0.2) is 6.61 Å². The lowest BCUT2D eigenvalue weighted by Gasteiger charge is -2.48. The van der Waals surface area contributed by atoms with Crippen molar-refractivity contribution in [2.24, 2.45) is 5.92 Å². The summed E-state index contributed by atoms with van der Waals surface area (Å²) in [5.41, 5.74) is 1.86. The van der Waals surface area contributed by atoms with Crippen LogP contribution in [0.4, 0.5) is 14.5 Å². The summed E-state index contributed by atoms with van der Waals surface area (Å²) >= 11 is 0. The highest BCUT2D eigenvalue weighted by atomic mass is 19.1. The zero-order valence-corrected chi connectivity index (χ0v) is 21.1. The molecule has 4 rings (SSSR count). The van der Waals surface area contributed by atoms with Crippen LogP contribution in [-0.4, -0.2) is 40.6 Å². The van der Waals surface area contributed by atoms with Gasteiger partial charge in [-0.25, -0.2) is 8.78 Å². The predicted molar refractivity (Wildman–Crippen MR) is 138 cm³/mol. The largest absolute Gasteiger partial charge is 0.484 e. The molecule has 204 valence electrons. The Bertz CT molecular complexity index is 1320. The van der Waals surface area contributed by atoms with Crippen LogP contribution < -0.4 is 15.0 Å². The van der Waals surface area contributed by atoms with Crippen molar-refractivity contribution in [1.82, 2.24) is 5.32 Å². The SMILES string of the molecule is C[C@@H](NC(=O)COc1ccc(C2C(CCC(O)c3ccc(F)cc3)C(=O)N2c2ccc(F)cc2)cc1)C(=O)O. The number of carbonyl (C=O) groups is 3. The minimum absolute atomic E-state index is 0.164. The van der Waals surface area contributed by atoms with Gasteiger partial charge in [0, 0.05) is 5.69 Å². The highest BCUT2D eigenvalue weighted by molar-refractivity contribution is 6.03. The molecule has 1 saturated heterocycles. The number of hydrogen-bond acceptors (Lipinski definition) is 5. The van der Waals surface area contributed by atoms with E-state index in [1.807, 2.05) is 0 Å². The molecule has 1 aliphatic rings. The lowest BCUT2D eigenvalue weighted by molar-refractivity contribution is -0.141. The molecule has 2 amide bonds. The number of β-lactam (4-membered cyclic amide) rings is 1. The van der Waals surface area contributed by atoms with Gasteiger partial charge in [0.05, 0.1) is 18.1 Å². The highest BCUT2D eigenvalue weighted by Crippen LogP contribution is 2.46. The van der Waals surface area contributed by atoms with Crippen molar-refractivity contribution in [2.45, 2.75) is 38.0 Å². The molecule has 3 unspecified atom stereocenters. The second kappa shape index (κ2) is 12.0. The number of benzene rings is 3. The van der Waals surface area contributed by atoms with E-state index in [9.17, 15) is 28.3 Å². The quantitative estimate of drug-likeness (QED) is 0.316. The van der Waals surface area contributed by atoms with Gasteiger partial charge in [-0.05, 0) is 79.4 Å². The maximum Gasteiger partial charge on any atom is 0.325 e. The number of amides is 2. The molecule has 10 heteroatoms. The van der Waals surface area contributed by atoms with Gasteiger partial charge in [-0.3, -0.25) is 14.4 Å². The van der Waals surface area contributed by atoms with E-state index in [0.29, 0.717) is 23.4 Å². The number of nitrogens with one attached hydrogen (secondary N) is 1. The Morgan fingerprint density at radius 3 is 2.15 bits per heavy atom. The summed E-state index contributed by atoms with van der Waals surface area (Å²) in [5, 5.41) is 21.8. The summed E-state index contributed by atoms with van der Waals surface area (Å²) < 4.78 is 32.2. The Morgan fingerprint density at radius 2 is 1.56 bits per heavy atom. The third-order valence-corrected chi connectivity index (χ3v) is 6.66. The summed E-state index contributed by atoms with van der Waals surface area (Å²) in [6, 6.07) is 16.5. The third-order valence-electron chi connectivity index (χ3n) is 6.66. The first-order chi connectivity index (χ1) is 18.6. The van der Waals surface area contributed by atoms with Crippen molar-refractivity contribution < 1.29 is 38.1 Å². The zero-order chi connectivity index (χ0) is 28.1. The molecule has 1 aliphatic heterocycles. The van der Waals surface area contributed by atoms with E-state index in [-0.39, 0.29) is 18.9 Å². The molecule has 0 spiro atoms. The maximum atomic E-state index is 13.5. The summed E-state index contributed by atoms with van der Waals surface area (Å²) in [6.45, 7) is 0.974. The molecule has 0 bridgehead atoms. The summed E-state index contributed by atoms with van der Waals surface area (Å²) in [6.07, 6.45) is -0.231. The fourth-order valence-corrected chi connectivity index (χ4v) is 4.54. The first-order valence-corrected chi connectivity index (χ1v) is 12.4. The fourth-order valence-electron chi connectivity index (χ4n) is 4.54. The van der Waals surface area contributed by atoms with E-state index >= 15 is 0 Å². The second-order valence-electron chi connectivity index (χ2n) is 9.37. The summed E-state index contributed by atoms with van der Waals surface area (Å²) in [5.74, 6) is -2.82. The van der Waals surface area contributed by atoms with Gasteiger partial charge in [0.2, 0.25) is 5.91 Å². The first-order valence-electron chi connectivity index (χ1n) is 12.4. The Hall–Kier alpha value is -4.31. The molecule has 1 fully saturated rings. The number of ether oxygens (including phenoxy) is 1. The van der Waals surface area contributed by atoms with Crippen LogP contribution in [0.1, 0.15) is 43.0 Å². The predicted octanol–water partition coefficient (Wildman–Crippen LogP) is 4.15. The summed E-state index contributed by atoms with van der Waals surface area (Å²) in [7, 11) is 0. The van der Waals surface area contributed by atoms with Gasteiger partial charge in [0.1, 0.15) is 23.4 Å². The number of hydrogen-bond donors (Lipinski definition) is 3. The first kappa shape index (κ1) is 27.7. The number of rotatable bonds is 11. The van der Waals surface area contributed by atoms with Crippen LogP contribution in [-0.2, 0) is 14.4 Å². The van der Waals surface area contributed by atoms with E-state index in [4.69, 9.17) is 9.84 Å². The number of aliphatic hydroxyl groups is 1. The van der Waals surface area contributed by atoms with E-state index < -0.39 is 47.6 Å². The van der Waals surface area contributed by atoms with Gasteiger partial charge >= 0.3 is 5.97 Å². The van der Waals surface area contributed by atoms with Crippen LogP contribution in [0.2, 0.25) is 0 Å². The average Bonchev–Trinajstić information content (AvgIpc) is 2.92. The molecule has 0 radical (unpaired) electrons. The van der Waals surface area contributed by atoms with Crippen molar-refractivity contribution in [3.05, 3.63) is 95.6 Å². The van der Waals surface area contributed by atoms with E-state index in [1.165, 1.54) is 55.5 Å². The van der Waals surface area contributed by atoms with Crippen LogP contribution in [0, 0.1) is 17.6 Å². The zero-order valence-electron chi connectivity index (χ0n) is 21.1. The number of nitrogens with zero attached hydrogens (tertiary/aromatic N) is 1. The van der Waals surface area contributed by atoms with Crippen LogP contribution >= 0.6 is 0 Å². The Labute approximate surface area is 223 Å². The van der Waals surface area contributed by atoms with Gasteiger partial charge in [0.25, 0.3) is 5.91 Å². The van der Waals surface area contributed by atoms with E-state index in [2.05, 4.69) is 5.32 Å². The maximum absolute atomic E-state index is 13.5. The van der Waals surface area contributed by atoms with Crippen molar-refractivity contribution in [2.75, 3.05) is 11.5 Å². The molecule has 3 aromatic rings. The molecular weight excluding hydrogens is 510 g/mol. The Balaban J connectivity index is 1.47. The van der Waals surface area contributed by atoms with E-state index in [1.54, 1.807) is 29.2 Å². The van der Waals surface area contributed by atoms with E-state index in [0.717, 1.165) is 5.56 Å². The topological polar surface area (TPSA) is 116 Å². The van der Waals surface area contributed by atoms with Crippen molar-refractivity contribution in [3.8, 4) is 5.75 Å². The van der Waals surface area contributed by atoms with Crippen molar-refractivity contribution in [1.29, 1.82) is 0 Å². The molecule has 1 heterocycles. The number of aliphatic hydroxyl groups excluding tert-OH is 1. The molecule has 3 N–H and O–H groups in total. The molecule has 0 aromatic heterocycles.